The topological polar surface area (TPSA) is 44.8 Å². The van der Waals surface area contributed by atoms with E-state index < -0.39 is 0 Å². The summed E-state index contributed by atoms with van der Waals surface area (Å²) >= 11 is 0. The summed E-state index contributed by atoms with van der Waals surface area (Å²) < 4.78 is 5.36. The molecule has 1 amide bonds. The van der Waals surface area contributed by atoms with Crippen molar-refractivity contribution in [3.05, 3.63) is 0 Å². The molecule has 0 spiro atoms. The van der Waals surface area contributed by atoms with Gasteiger partial charge >= 0.3 is 0 Å². The van der Waals surface area contributed by atoms with Crippen LogP contribution in [0.15, 0.2) is 0 Å². The Hall–Kier alpha value is -0.650. The van der Waals surface area contributed by atoms with Crippen molar-refractivity contribution in [2.24, 2.45) is 0 Å². The summed E-state index contributed by atoms with van der Waals surface area (Å²) in [6.45, 7) is 7.52. The first-order valence-corrected chi connectivity index (χ1v) is 8.06. The van der Waals surface area contributed by atoms with Gasteiger partial charge in [-0.25, -0.2) is 0 Å². The minimum absolute atomic E-state index is 0.0848. The van der Waals surface area contributed by atoms with Gasteiger partial charge in [-0.05, 0) is 39.3 Å². The predicted molar refractivity (Wildman–Crippen MR) is 79.8 cm³/mol. The number of carbonyl (C=O) groups is 1. The molecule has 1 N–H and O–H groups in total. The van der Waals surface area contributed by atoms with Gasteiger partial charge in [0.2, 0.25) is 5.91 Å². The zero-order valence-corrected chi connectivity index (χ0v) is 12.8. The van der Waals surface area contributed by atoms with Crippen LogP contribution in [0.4, 0.5) is 0 Å². The third-order valence-corrected chi connectivity index (χ3v) is 4.27. The normalized spacial score (nSPS) is 24.9. The van der Waals surface area contributed by atoms with Crippen molar-refractivity contribution >= 4 is 5.91 Å². The lowest BCUT2D eigenvalue weighted by Crippen LogP contribution is -2.44. The number of ether oxygens (including phenoxy) is 1. The highest BCUT2D eigenvalue weighted by Crippen LogP contribution is 2.11. The molecule has 1 unspecified atom stereocenters. The standard InChI is InChI=1S/C15H29N3O2/c1-17-9-11-18(12-10-17)8-4-2-3-7-16-15(19)14-6-5-13-20-14/h14H,2-13H2,1H3,(H,16,19). The third kappa shape index (κ3) is 5.38. The van der Waals surface area contributed by atoms with Crippen LogP contribution in [-0.4, -0.2) is 74.7 Å². The summed E-state index contributed by atoms with van der Waals surface area (Å²) in [7, 11) is 2.19. The first-order chi connectivity index (χ1) is 9.75. The van der Waals surface area contributed by atoms with Gasteiger partial charge in [0, 0.05) is 39.3 Å². The zero-order chi connectivity index (χ0) is 14.2. The van der Waals surface area contributed by atoms with Gasteiger partial charge in [0.15, 0.2) is 0 Å². The summed E-state index contributed by atoms with van der Waals surface area (Å²) in [4.78, 5) is 16.6. The van der Waals surface area contributed by atoms with Crippen molar-refractivity contribution in [3.8, 4) is 0 Å². The molecule has 0 saturated carbocycles. The maximum atomic E-state index is 11.7. The van der Waals surface area contributed by atoms with Crippen LogP contribution in [-0.2, 0) is 9.53 Å². The fourth-order valence-corrected chi connectivity index (χ4v) is 2.82. The molecule has 2 heterocycles. The lowest BCUT2D eigenvalue weighted by molar-refractivity contribution is -0.130. The van der Waals surface area contributed by atoms with E-state index in [4.69, 9.17) is 4.74 Å². The van der Waals surface area contributed by atoms with Gasteiger partial charge in [0.1, 0.15) is 6.10 Å². The number of carbonyl (C=O) groups excluding carboxylic acids is 1. The number of unbranched alkanes of at least 4 members (excludes halogenated alkanes) is 2. The monoisotopic (exact) mass is 283 g/mol. The van der Waals surface area contributed by atoms with Gasteiger partial charge in [-0.15, -0.1) is 0 Å². The van der Waals surface area contributed by atoms with Gasteiger partial charge in [-0.2, -0.15) is 0 Å². The molecule has 0 aromatic rings. The third-order valence-electron chi connectivity index (χ3n) is 4.27. The largest absolute Gasteiger partial charge is 0.368 e. The van der Waals surface area contributed by atoms with Crippen LogP contribution in [0.1, 0.15) is 32.1 Å². The molecule has 2 rings (SSSR count). The Kier molecular flexibility index (Phi) is 6.76. The lowest BCUT2D eigenvalue weighted by Gasteiger charge is -2.32. The Morgan fingerprint density at radius 2 is 2.00 bits per heavy atom. The molecule has 2 fully saturated rings. The second-order valence-corrected chi connectivity index (χ2v) is 6.00. The molecule has 20 heavy (non-hydrogen) atoms. The number of nitrogens with one attached hydrogen (secondary N) is 1. The van der Waals surface area contributed by atoms with E-state index in [1.807, 2.05) is 0 Å². The Labute approximate surface area is 122 Å². The molecule has 0 radical (unpaired) electrons. The quantitative estimate of drug-likeness (QED) is 0.699. The van der Waals surface area contributed by atoms with Crippen molar-refractivity contribution < 1.29 is 9.53 Å². The molecule has 2 saturated heterocycles. The first-order valence-electron chi connectivity index (χ1n) is 8.06. The summed E-state index contributed by atoms with van der Waals surface area (Å²) in [5, 5.41) is 2.98. The van der Waals surface area contributed by atoms with E-state index in [0.29, 0.717) is 0 Å². The molecule has 0 bridgehead atoms. The van der Waals surface area contributed by atoms with Crippen LogP contribution >= 0.6 is 0 Å². The Bertz CT molecular complexity index is 285. The van der Waals surface area contributed by atoms with Crippen LogP contribution in [0.5, 0.6) is 0 Å². The zero-order valence-electron chi connectivity index (χ0n) is 12.8. The Morgan fingerprint density at radius 1 is 1.20 bits per heavy atom. The minimum atomic E-state index is -0.180. The van der Waals surface area contributed by atoms with E-state index >= 15 is 0 Å². The number of nitrogens with zero attached hydrogens (tertiary/aromatic N) is 2. The number of likely N-dealkylation sites (N-methyl/N-ethyl adjacent to an activating group) is 1. The Balaban J connectivity index is 1.42. The van der Waals surface area contributed by atoms with E-state index in [1.54, 1.807) is 0 Å². The predicted octanol–water partition coefficient (Wildman–Crippen LogP) is 0.699. The van der Waals surface area contributed by atoms with E-state index in [0.717, 1.165) is 32.4 Å². The molecule has 0 aromatic carbocycles. The second kappa shape index (κ2) is 8.60. The molecule has 5 nitrogen and oxygen atoms in total. The molecular formula is C15H29N3O2. The summed E-state index contributed by atoms with van der Waals surface area (Å²) in [5.74, 6) is 0.0848. The highest BCUT2D eigenvalue weighted by Gasteiger charge is 2.22. The number of hydrogen-bond acceptors (Lipinski definition) is 4. The maximum Gasteiger partial charge on any atom is 0.249 e. The average Bonchev–Trinajstić information content (AvgIpc) is 2.98. The highest BCUT2D eigenvalue weighted by atomic mass is 16.5. The van der Waals surface area contributed by atoms with Crippen LogP contribution in [0.2, 0.25) is 0 Å². The molecule has 116 valence electrons. The van der Waals surface area contributed by atoms with Crippen molar-refractivity contribution in [1.29, 1.82) is 0 Å². The maximum absolute atomic E-state index is 11.7. The first kappa shape index (κ1) is 15.7. The molecule has 0 aliphatic carbocycles. The van der Waals surface area contributed by atoms with Crippen molar-refractivity contribution in [2.75, 3.05) is 52.9 Å². The number of amides is 1. The van der Waals surface area contributed by atoms with Gasteiger partial charge in [0.05, 0.1) is 0 Å². The van der Waals surface area contributed by atoms with E-state index in [2.05, 4.69) is 22.2 Å². The fraction of sp³-hybridized carbons (Fsp3) is 0.933. The number of hydrogen-bond donors (Lipinski definition) is 1. The van der Waals surface area contributed by atoms with Crippen molar-refractivity contribution in [2.45, 2.75) is 38.2 Å². The van der Waals surface area contributed by atoms with Crippen molar-refractivity contribution in [3.63, 3.8) is 0 Å². The van der Waals surface area contributed by atoms with E-state index in [-0.39, 0.29) is 12.0 Å². The van der Waals surface area contributed by atoms with Gasteiger partial charge in [-0.1, -0.05) is 6.42 Å². The minimum Gasteiger partial charge on any atom is -0.368 e. The SMILES string of the molecule is CN1CCN(CCCCCNC(=O)C2CCCO2)CC1. The average molecular weight is 283 g/mol. The van der Waals surface area contributed by atoms with Gasteiger partial charge < -0.3 is 19.9 Å². The van der Waals surface area contributed by atoms with Crippen LogP contribution in [0.3, 0.4) is 0 Å². The van der Waals surface area contributed by atoms with Crippen LogP contribution in [0.25, 0.3) is 0 Å². The smallest absolute Gasteiger partial charge is 0.249 e. The molecule has 5 heteroatoms. The number of piperazine rings is 1. The summed E-state index contributed by atoms with van der Waals surface area (Å²) in [6, 6.07) is 0. The van der Waals surface area contributed by atoms with E-state index in [1.165, 1.54) is 45.6 Å². The molecule has 2 aliphatic heterocycles. The highest BCUT2D eigenvalue weighted by molar-refractivity contribution is 5.80. The summed E-state index contributed by atoms with van der Waals surface area (Å²) in [6.07, 6.45) is 5.22. The lowest BCUT2D eigenvalue weighted by atomic mass is 10.2. The second-order valence-electron chi connectivity index (χ2n) is 6.00. The van der Waals surface area contributed by atoms with Crippen molar-refractivity contribution in [1.82, 2.24) is 15.1 Å². The molecule has 0 aromatic heterocycles. The molecule has 2 aliphatic rings. The van der Waals surface area contributed by atoms with Gasteiger partial charge in [-0.3, -0.25) is 4.79 Å². The Morgan fingerprint density at radius 3 is 2.70 bits per heavy atom. The molecular weight excluding hydrogens is 254 g/mol. The van der Waals surface area contributed by atoms with Crippen LogP contribution < -0.4 is 5.32 Å². The number of rotatable bonds is 7. The van der Waals surface area contributed by atoms with Crippen LogP contribution in [0, 0.1) is 0 Å². The summed E-state index contributed by atoms with van der Waals surface area (Å²) in [5.41, 5.74) is 0. The van der Waals surface area contributed by atoms with E-state index in [9.17, 15) is 4.79 Å². The fourth-order valence-electron chi connectivity index (χ4n) is 2.82. The molecule has 1 atom stereocenters. The van der Waals surface area contributed by atoms with Gasteiger partial charge in [0.25, 0.3) is 0 Å².